The minimum atomic E-state index is 0.685. The van der Waals surface area contributed by atoms with E-state index in [2.05, 4.69) is 36.5 Å². The summed E-state index contributed by atoms with van der Waals surface area (Å²) in [6.45, 7) is 5.71. The first-order valence-electron chi connectivity index (χ1n) is 6.43. The summed E-state index contributed by atoms with van der Waals surface area (Å²) < 4.78 is 5.49. The quantitative estimate of drug-likeness (QED) is 0.662. The van der Waals surface area contributed by atoms with Crippen molar-refractivity contribution in [3.05, 3.63) is 42.0 Å². The predicted molar refractivity (Wildman–Crippen MR) is 74.1 cm³/mol. The van der Waals surface area contributed by atoms with Gasteiger partial charge in [0.05, 0.1) is 13.2 Å². The van der Waals surface area contributed by atoms with E-state index in [0.29, 0.717) is 6.61 Å². The molecule has 2 heteroatoms. The molecule has 0 bridgehead atoms. The number of nitrogens with one attached hydrogen (secondary N) is 1. The summed E-state index contributed by atoms with van der Waals surface area (Å²) in [5, 5.41) is 3.35. The average Bonchev–Trinajstić information content (AvgIpc) is 2.38. The molecule has 0 saturated carbocycles. The fourth-order valence-corrected chi connectivity index (χ4v) is 1.47. The normalized spacial score (nSPS) is 11.1. The van der Waals surface area contributed by atoms with Crippen LogP contribution >= 0.6 is 0 Å². The van der Waals surface area contributed by atoms with Gasteiger partial charge >= 0.3 is 0 Å². The molecule has 1 rings (SSSR count). The van der Waals surface area contributed by atoms with Crippen molar-refractivity contribution < 1.29 is 4.74 Å². The van der Waals surface area contributed by atoms with Gasteiger partial charge in [0.2, 0.25) is 0 Å². The van der Waals surface area contributed by atoms with Gasteiger partial charge in [-0.25, -0.2) is 0 Å². The van der Waals surface area contributed by atoms with Crippen LogP contribution in [0.15, 0.2) is 36.4 Å². The van der Waals surface area contributed by atoms with Crippen LogP contribution in [0.5, 0.6) is 0 Å². The van der Waals surface area contributed by atoms with Gasteiger partial charge in [-0.15, -0.1) is 0 Å². The Morgan fingerprint density at radius 1 is 1.18 bits per heavy atom. The minimum Gasteiger partial charge on any atom is -0.376 e. The first-order chi connectivity index (χ1) is 8.43. The van der Waals surface area contributed by atoms with Crippen molar-refractivity contribution in [3.63, 3.8) is 0 Å². The minimum absolute atomic E-state index is 0.685. The molecule has 1 aromatic carbocycles. The maximum Gasteiger partial charge on any atom is 0.0651 e. The van der Waals surface area contributed by atoms with E-state index in [0.717, 1.165) is 19.7 Å². The lowest BCUT2D eigenvalue weighted by Crippen LogP contribution is -2.20. The highest BCUT2D eigenvalue weighted by Gasteiger charge is 1.87. The lowest BCUT2D eigenvalue weighted by molar-refractivity contribution is 0.164. The average molecular weight is 233 g/mol. The first kappa shape index (κ1) is 13.9. The molecule has 0 unspecified atom stereocenters. The first-order valence-corrected chi connectivity index (χ1v) is 6.43. The van der Waals surface area contributed by atoms with Gasteiger partial charge in [0, 0.05) is 6.54 Å². The summed E-state index contributed by atoms with van der Waals surface area (Å²) in [5.41, 5.74) is 1.22. The highest BCUT2D eigenvalue weighted by Crippen LogP contribution is 2.00. The lowest BCUT2D eigenvalue weighted by Gasteiger charge is -2.03. The topological polar surface area (TPSA) is 21.3 Å². The number of rotatable bonds is 9. The van der Waals surface area contributed by atoms with Gasteiger partial charge in [-0.3, -0.25) is 0 Å². The molecule has 0 aliphatic rings. The number of benzene rings is 1. The van der Waals surface area contributed by atoms with Gasteiger partial charge in [-0.2, -0.15) is 0 Å². The molecule has 0 aromatic heterocycles. The molecule has 0 spiro atoms. The summed E-state index contributed by atoms with van der Waals surface area (Å²) in [6, 6.07) is 10.3. The molecule has 1 aromatic rings. The summed E-state index contributed by atoms with van der Waals surface area (Å²) >= 11 is 0. The van der Waals surface area contributed by atoms with E-state index in [9.17, 15) is 0 Å². The van der Waals surface area contributed by atoms with Gasteiger partial charge in [0.15, 0.2) is 0 Å². The molecule has 2 nitrogen and oxygen atoms in total. The second-order valence-electron chi connectivity index (χ2n) is 3.99. The molecule has 0 aliphatic carbocycles. The number of hydrogen-bond donors (Lipinski definition) is 1. The van der Waals surface area contributed by atoms with Crippen LogP contribution in [0, 0.1) is 0 Å². The maximum absolute atomic E-state index is 5.49. The second-order valence-corrected chi connectivity index (χ2v) is 3.99. The fourth-order valence-electron chi connectivity index (χ4n) is 1.47. The summed E-state index contributed by atoms with van der Waals surface area (Å²) in [4.78, 5) is 0. The highest BCUT2D eigenvalue weighted by atomic mass is 16.5. The third-order valence-electron chi connectivity index (χ3n) is 2.45. The fraction of sp³-hybridized carbons (Fsp3) is 0.467. The van der Waals surface area contributed by atoms with E-state index in [-0.39, 0.29) is 0 Å². The van der Waals surface area contributed by atoms with Crippen LogP contribution in [0.4, 0.5) is 0 Å². The van der Waals surface area contributed by atoms with Crippen LogP contribution in [-0.2, 0) is 4.74 Å². The van der Waals surface area contributed by atoms with Crippen molar-refractivity contribution in [2.24, 2.45) is 0 Å². The van der Waals surface area contributed by atoms with Crippen molar-refractivity contribution in [1.29, 1.82) is 0 Å². The molecular formula is C15H23NO. The van der Waals surface area contributed by atoms with Crippen molar-refractivity contribution in [2.75, 3.05) is 26.3 Å². The Kier molecular flexibility index (Phi) is 8.25. The Hall–Kier alpha value is -1.12. The third kappa shape index (κ3) is 7.72. The van der Waals surface area contributed by atoms with Crippen LogP contribution < -0.4 is 5.32 Å². The molecule has 0 radical (unpaired) electrons. The maximum atomic E-state index is 5.49. The zero-order chi connectivity index (χ0) is 12.2. The number of hydrogen-bond acceptors (Lipinski definition) is 2. The van der Waals surface area contributed by atoms with E-state index < -0.39 is 0 Å². The van der Waals surface area contributed by atoms with E-state index >= 15 is 0 Å². The molecular weight excluding hydrogens is 210 g/mol. The molecule has 0 amide bonds. The van der Waals surface area contributed by atoms with Crippen molar-refractivity contribution >= 4 is 6.08 Å². The van der Waals surface area contributed by atoms with E-state index in [1.165, 1.54) is 18.4 Å². The summed E-state index contributed by atoms with van der Waals surface area (Å²) in [6.07, 6.45) is 6.63. The predicted octanol–water partition coefficient (Wildman–Crippen LogP) is 3.11. The zero-order valence-electron chi connectivity index (χ0n) is 10.7. The van der Waals surface area contributed by atoms with Gasteiger partial charge in [-0.05, 0) is 18.5 Å². The Balaban J connectivity index is 1.95. The van der Waals surface area contributed by atoms with Gasteiger partial charge < -0.3 is 10.1 Å². The van der Waals surface area contributed by atoms with Crippen molar-refractivity contribution in [3.8, 4) is 0 Å². The molecule has 17 heavy (non-hydrogen) atoms. The van der Waals surface area contributed by atoms with Crippen LogP contribution in [0.3, 0.4) is 0 Å². The van der Waals surface area contributed by atoms with Gasteiger partial charge in [0.25, 0.3) is 0 Å². The monoisotopic (exact) mass is 233 g/mol. The molecule has 0 saturated heterocycles. The number of unbranched alkanes of at least 4 members (excludes halogenated alkanes) is 1. The van der Waals surface area contributed by atoms with Crippen LogP contribution in [0.2, 0.25) is 0 Å². The van der Waals surface area contributed by atoms with Crippen molar-refractivity contribution in [2.45, 2.75) is 19.8 Å². The molecule has 0 aliphatic heterocycles. The molecule has 1 N–H and O–H groups in total. The van der Waals surface area contributed by atoms with E-state index in [4.69, 9.17) is 4.74 Å². The second kappa shape index (κ2) is 10.1. The summed E-state index contributed by atoms with van der Waals surface area (Å²) in [5.74, 6) is 0. The van der Waals surface area contributed by atoms with E-state index in [1.54, 1.807) is 0 Å². The van der Waals surface area contributed by atoms with Crippen LogP contribution in [-0.4, -0.2) is 26.3 Å². The third-order valence-corrected chi connectivity index (χ3v) is 2.45. The Labute approximate surface area is 105 Å². The van der Waals surface area contributed by atoms with E-state index in [1.807, 2.05) is 18.2 Å². The molecule has 0 heterocycles. The lowest BCUT2D eigenvalue weighted by atomic mass is 10.2. The standard InChI is InChI=1S/C15H23NO/c1-2-3-11-16-12-14-17-13-7-10-15-8-5-4-6-9-15/h4-10,16H,2-3,11-14H2,1H3. The Bertz CT molecular complexity index is 295. The summed E-state index contributed by atoms with van der Waals surface area (Å²) in [7, 11) is 0. The van der Waals surface area contributed by atoms with Crippen LogP contribution in [0.1, 0.15) is 25.3 Å². The Morgan fingerprint density at radius 2 is 2.00 bits per heavy atom. The zero-order valence-corrected chi connectivity index (χ0v) is 10.7. The molecule has 0 atom stereocenters. The highest BCUT2D eigenvalue weighted by molar-refractivity contribution is 5.48. The SMILES string of the molecule is CCCCNCCOCC=Cc1ccccc1. The van der Waals surface area contributed by atoms with Crippen LogP contribution in [0.25, 0.3) is 6.08 Å². The Morgan fingerprint density at radius 3 is 2.76 bits per heavy atom. The number of ether oxygens (including phenoxy) is 1. The molecule has 94 valence electrons. The smallest absolute Gasteiger partial charge is 0.0651 e. The van der Waals surface area contributed by atoms with Gasteiger partial charge in [-0.1, -0.05) is 55.8 Å². The largest absolute Gasteiger partial charge is 0.376 e. The van der Waals surface area contributed by atoms with Gasteiger partial charge in [0.1, 0.15) is 0 Å². The van der Waals surface area contributed by atoms with Crippen molar-refractivity contribution in [1.82, 2.24) is 5.32 Å². The molecule has 0 fully saturated rings.